The minimum absolute atomic E-state index is 0.420. The molecular weight excluding hydrogens is 204 g/mol. The lowest BCUT2D eigenvalue weighted by Crippen LogP contribution is -2.06. The van der Waals surface area contributed by atoms with E-state index in [0.717, 1.165) is 6.29 Å². The Bertz CT molecular complexity index is 419. The lowest BCUT2D eigenvalue weighted by Gasteiger charge is -2.07. The summed E-state index contributed by atoms with van der Waals surface area (Å²) < 4.78 is 4.70. The minimum Gasteiger partial charge on any atom is -0.465 e. The molecule has 1 rings (SSSR count). The van der Waals surface area contributed by atoms with E-state index >= 15 is 0 Å². The van der Waals surface area contributed by atoms with Crippen LogP contribution in [0.4, 0.5) is 0 Å². The van der Waals surface area contributed by atoms with Crippen molar-refractivity contribution in [1.82, 2.24) is 0 Å². The number of aldehydes is 1. The van der Waals surface area contributed by atoms with E-state index in [1.807, 2.05) is 6.92 Å². The van der Waals surface area contributed by atoms with Gasteiger partial charge < -0.3 is 4.74 Å². The second kappa shape index (κ2) is 5.85. The first-order chi connectivity index (χ1) is 7.74. The molecule has 0 N–H and O–H groups in total. The third-order valence-electron chi connectivity index (χ3n) is 2.19. The largest absolute Gasteiger partial charge is 0.465 e. The molecule has 16 heavy (non-hydrogen) atoms. The van der Waals surface area contributed by atoms with Gasteiger partial charge in [0.05, 0.1) is 12.7 Å². The van der Waals surface area contributed by atoms with Crippen LogP contribution in [0.15, 0.2) is 30.3 Å². The zero-order valence-corrected chi connectivity index (χ0v) is 9.40. The summed E-state index contributed by atoms with van der Waals surface area (Å²) in [6.45, 7) is 1.92. The van der Waals surface area contributed by atoms with Crippen LogP contribution in [-0.4, -0.2) is 19.4 Å². The fourth-order valence-corrected chi connectivity index (χ4v) is 1.46. The van der Waals surface area contributed by atoms with Gasteiger partial charge in [0.2, 0.25) is 0 Å². The number of hydrogen-bond acceptors (Lipinski definition) is 3. The van der Waals surface area contributed by atoms with Crippen LogP contribution in [0.1, 0.15) is 29.3 Å². The number of esters is 1. The summed E-state index contributed by atoms with van der Waals surface area (Å²) in [6, 6.07) is 6.96. The molecule has 0 heterocycles. The Morgan fingerprint density at radius 3 is 2.62 bits per heavy atom. The van der Waals surface area contributed by atoms with E-state index in [4.69, 9.17) is 4.74 Å². The Morgan fingerprint density at radius 1 is 1.38 bits per heavy atom. The molecule has 0 unspecified atom stereocenters. The van der Waals surface area contributed by atoms with Crippen molar-refractivity contribution in [3.05, 3.63) is 41.5 Å². The molecule has 0 fully saturated rings. The van der Waals surface area contributed by atoms with Gasteiger partial charge in [-0.15, -0.1) is 0 Å². The quantitative estimate of drug-likeness (QED) is 0.443. The summed E-state index contributed by atoms with van der Waals surface area (Å²) in [6.07, 6.45) is 3.20. The van der Waals surface area contributed by atoms with Gasteiger partial charge in [-0.3, -0.25) is 4.79 Å². The fraction of sp³-hybridized carbons (Fsp3) is 0.231. The third kappa shape index (κ3) is 2.57. The van der Waals surface area contributed by atoms with E-state index in [9.17, 15) is 9.59 Å². The van der Waals surface area contributed by atoms with Gasteiger partial charge >= 0.3 is 5.97 Å². The second-order valence-corrected chi connectivity index (χ2v) is 3.22. The maximum Gasteiger partial charge on any atom is 0.338 e. The summed E-state index contributed by atoms with van der Waals surface area (Å²) >= 11 is 0. The summed E-state index contributed by atoms with van der Waals surface area (Å²) in [7, 11) is 1.33. The van der Waals surface area contributed by atoms with Crippen molar-refractivity contribution in [2.45, 2.75) is 13.3 Å². The lowest BCUT2D eigenvalue weighted by molar-refractivity contribution is -0.133. The van der Waals surface area contributed by atoms with Gasteiger partial charge in [-0.2, -0.15) is 0 Å². The van der Waals surface area contributed by atoms with Crippen LogP contribution < -0.4 is 0 Å². The van der Waals surface area contributed by atoms with Crippen LogP contribution in [-0.2, 0) is 9.53 Å². The molecular formula is C13H14O3. The fourth-order valence-electron chi connectivity index (χ4n) is 1.46. The number of allylic oxidation sites excluding steroid dienone is 1. The zero-order chi connectivity index (χ0) is 12.0. The van der Waals surface area contributed by atoms with Crippen molar-refractivity contribution in [3.63, 3.8) is 0 Å². The molecule has 0 bridgehead atoms. The number of methoxy groups -OCH3 is 1. The molecule has 0 radical (unpaired) electrons. The highest BCUT2D eigenvalue weighted by molar-refractivity contribution is 6.18. The van der Waals surface area contributed by atoms with E-state index in [2.05, 4.69) is 0 Å². The normalized spacial score (nSPS) is 11.0. The first-order valence-electron chi connectivity index (χ1n) is 5.07. The minimum atomic E-state index is -0.420. The predicted molar refractivity (Wildman–Crippen MR) is 62.1 cm³/mol. The molecule has 0 aromatic heterocycles. The zero-order valence-electron chi connectivity index (χ0n) is 9.40. The molecule has 0 spiro atoms. The first kappa shape index (κ1) is 12.2. The Labute approximate surface area is 94.7 Å². The van der Waals surface area contributed by atoms with Crippen molar-refractivity contribution in [3.8, 4) is 0 Å². The van der Waals surface area contributed by atoms with E-state index in [1.165, 1.54) is 7.11 Å². The van der Waals surface area contributed by atoms with Crippen LogP contribution in [0.2, 0.25) is 0 Å². The number of hydrogen-bond donors (Lipinski definition) is 0. The maximum atomic E-state index is 11.6. The van der Waals surface area contributed by atoms with Crippen molar-refractivity contribution in [2.24, 2.45) is 0 Å². The second-order valence-electron chi connectivity index (χ2n) is 3.22. The third-order valence-corrected chi connectivity index (χ3v) is 2.19. The number of rotatable bonds is 4. The number of benzene rings is 1. The van der Waals surface area contributed by atoms with Gasteiger partial charge in [-0.25, -0.2) is 4.79 Å². The molecule has 1 aromatic carbocycles. The van der Waals surface area contributed by atoms with Crippen LogP contribution >= 0.6 is 0 Å². The van der Waals surface area contributed by atoms with Crippen molar-refractivity contribution in [2.75, 3.05) is 7.11 Å². The predicted octanol–water partition coefficient (Wildman–Crippen LogP) is 2.47. The van der Waals surface area contributed by atoms with E-state index in [1.54, 1.807) is 30.3 Å². The molecule has 84 valence electrons. The van der Waals surface area contributed by atoms with E-state index in [-0.39, 0.29) is 0 Å². The smallest absolute Gasteiger partial charge is 0.338 e. The van der Waals surface area contributed by atoms with Crippen molar-refractivity contribution >= 4 is 17.8 Å². The van der Waals surface area contributed by atoms with Gasteiger partial charge in [0.1, 0.15) is 0 Å². The Kier molecular flexibility index (Phi) is 4.45. The van der Waals surface area contributed by atoms with Gasteiger partial charge in [-0.1, -0.05) is 37.3 Å². The van der Waals surface area contributed by atoms with Crippen LogP contribution in [0.3, 0.4) is 0 Å². The molecule has 0 aliphatic rings. The lowest BCUT2D eigenvalue weighted by atomic mass is 9.99. The number of carbonyl (C=O) groups excluding carboxylic acids is 2. The first-order valence-corrected chi connectivity index (χ1v) is 5.07. The molecule has 0 atom stereocenters. The molecule has 0 aliphatic heterocycles. The molecule has 0 amide bonds. The van der Waals surface area contributed by atoms with E-state index < -0.39 is 5.97 Å². The van der Waals surface area contributed by atoms with Gasteiger partial charge in [0.25, 0.3) is 0 Å². The Morgan fingerprint density at radius 2 is 2.06 bits per heavy atom. The average molecular weight is 218 g/mol. The number of carbonyl (C=O) groups is 2. The summed E-state index contributed by atoms with van der Waals surface area (Å²) in [5.74, 6) is -0.420. The van der Waals surface area contributed by atoms with Gasteiger partial charge in [0, 0.05) is 5.56 Å². The Hall–Kier alpha value is -1.90. The van der Waals surface area contributed by atoms with Crippen LogP contribution in [0.25, 0.3) is 5.57 Å². The maximum absolute atomic E-state index is 11.6. The highest BCUT2D eigenvalue weighted by Crippen LogP contribution is 2.20. The summed E-state index contributed by atoms with van der Waals surface area (Å²) in [4.78, 5) is 22.4. The van der Waals surface area contributed by atoms with Crippen LogP contribution in [0, 0.1) is 0 Å². The highest BCUT2D eigenvalue weighted by Gasteiger charge is 2.14. The summed E-state index contributed by atoms with van der Waals surface area (Å²) in [5.41, 5.74) is 1.55. The van der Waals surface area contributed by atoms with Crippen LogP contribution in [0.5, 0.6) is 0 Å². The Balaban J connectivity index is 3.26. The van der Waals surface area contributed by atoms with Crippen molar-refractivity contribution in [1.29, 1.82) is 0 Å². The molecule has 3 nitrogen and oxygen atoms in total. The molecule has 3 heteroatoms. The van der Waals surface area contributed by atoms with Gasteiger partial charge in [0.15, 0.2) is 6.29 Å². The van der Waals surface area contributed by atoms with E-state index in [0.29, 0.717) is 23.1 Å². The number of ether oxygens (including phenoxy) is 1. The topological polar surface area (TPSA) is 43.4 Å². The van der Waals surface area contributed by atoms with Crippen molar-refractivity contribution < 1.29 is 14.3 Å². The standard InChI is InChI=1S/C13H14O3/c1-3-6-12(13(15)16-2)11-8-5-4-7-10(11)9-14/h4-9H,3H2,1-2H3. The SMILES string of the molecule is CCC=C(C(=O)OC)c1ccccc1C=O. The molecule has 0 saturated carbocycles. The summed E-state index contributed by atoms with van der Waals surface area (Å²) in [5, 5.41) is 0. The van der Waals surface area contributed by atoms with Gasteiger partial charge in [-0.05, 0) is 12.0 Å². The molecule has 0 saturated heterocycles. The molecule has 1 aromatic rings. The monoisotopic (exact) mass is 218 g/mol. The average Bonchev–Trinajstić information content (AvgIpc) is 2.35. The molecule has 0 aliphatic carbocycles. The highest BCUT2D eigenvalue weighted by atomic mass is 16.5.